The first-order valence-electron chi connectivity index (χ1n) is 7.04. The number of hydrogen-bond donors (Lipinski definition) is 3. The van der Waals surface area contributed by atoms with Gasteiger partial charge in [0.15, 0.2) is 0 Å². The molecule has 2 aliphatic rings. The number of carboxylic acid groups (broad SMARTS) is 1. The van der Waals surface area contributed by atoms with Crippen molar-refractivity contribution in [1.82, 2.24) is 10.2 Å². The van der Waals surface area contributed by atoms with Crippen molar-refractivity contribution in [3.05, 3.63) is 0 Å². The number of carboxylic acids is 1. The third-order valence-corrected chi connectivity index (χ3v) is 4.10. The third kappa shape index (κ3) is 3.27. The van der Waals surface area contributed by atoms with Crippen molar-refractivity contribution in [2.45, 2.75) is 44.2 Å². The molecule has 0 aromatic carbocycles. The van der Waals surface area contributed by atoms with Gasteiger partial charge in [-0.1, -0.05) is 0 Å². The fourth-order valence-corrected chi connectivity index (χ4v) is 2.95. The van der Waals surface area contributed by atoms with Gasteiger partial charge in [0.25, 0.3) is 0 Å². The lowest BCUT2D eigenvalue weighted by Crippen LogP contribution is -2.59. The van der Waals surface area contributed by atoms with E-state index in [0.29, 0.717) is 13.1 Å². The lowest BCUT2D eigenvalue weighted by molar-refractivity contribution is -0.151. The maximum Gasteiger partial charge on any atom is 0.305 e. The van der Waals surface area contributed by atoms with Crippen molar-refractivity contribution in [1.29, 1.82) is 0 Å². The van der Waals surface area contributed by atoms with Gasteiger partial charge < -0.3 is 21.1 Å². The first-order valence-corrected chi connectivity index (χ1v) is 7.04. The fraction of sp³-hybridized carbons (Fsp3) is 0.769. The zero-order valence-corrected chi connectivity index (χ0v) is 11.4. The fourth-order valence-electron chi connectivity index (χ4n) is 2.95. The molecule has 1 saturated heterocycles. The van der Waals surface area contributed by atoms with E-state index in [1.165, 1.54) is 4.90 Å². The topological polar surface area (TPSA) is 113 Å². The summed E-state index contributed by atoms with van der Waals surface area (Å²) < 4.78 is 0. The van der Waals surface area contributed by atoms with E-state index in [0.717, 1.165) is 25.7 Å². The Morgan fingerprint density at radius 2 is 1.95 bits per heavy atom. The van der Waals surface area contributed by atoms with E-state index in [4.69, 9.17) is 10.8 Å². The average molecular weight is 283 g/mol. The monoisotopic (exact) mass is 283 g/mol. The molecular formula is C13H21N3O4. The molecule has 20 heavy (non-hydrogen) atoms. The zero-order chi connectivity index (χ0) is 14.7. The number of carbonyl (C=O) groups excluding carboxylic acids is 2. The molecule has 7 nitrogen and oxygen atoms in total. The van der Waals surface area contributed by atoms with Gasteiger partial charge >= 0.3 is 5.97 Å². The Labute approximate surface area is 117 Å². The number of hydrogen-bond acceptors (Lipinski definition) is 4. The van der Waals surface area contributed by atoms with Crippen molar-refractivity contribution in [3.63, 3.8) is 0 Å². The van der Waals surface area contributed by atoms with Crippen molar-refractivity contribution in [2.75, 3.05) is 13.1 Å². The first-order chi connectivity index (χ1) is 9.49. The predicted octanol–water partition coefficient (Wildman–Crippen LogP) is -0.694. The first kappa shape index (κ1) is 14.8. The lowest BCUT2D eigenvalue weighted by Gasteiger charge is -2.37. The van der Waals surface area contributed by atoms with Crippen LogP contribution in [0.1, 0.15) is 32.1 Å². The molecule has 0 bridgehead atoms. The van der Waals surface area contributed by atoms with Crippen LogP contribution < -0.4 is 11.1 Å². The van der Waals surface area contributed by atoms with Gasteiger partial charge in [-0.05, 0) is 25.7 Å². The summed E-state index contributed by atoms with van der Waals surface area (Å²) in [4.78, 5) is 36.6. The van der Waals surface area contributed by atoms with E-state index in [-0.39, 0.29) is 30.2 Å². The summed E-state index contributed by atoms with van der Waals surface area (Å²) in [5, 5.41) is 11.5. The summed E-state index contributed by atoms with van der Waals surface area (Å²) in [6.07, 6.45) is 2.71. The number of amides is 2. The minimum Gasteiger partial charge on any atom is -0.481 e. The molecule has 1 saturated carbocycles. The molecule has 4 N–H and O–H groups in total. The Bertz CT molecular complexity index is 404. The van der Waals surface area contributed by atoms with E-state index < -0.39 is 12.0 Å². The molecule has 0 aromatic heterocycles. The highest BCUT2D eigenvalue weighted by Gasteiger charge is 2.38. The number of carbonyl (C=O) groups is 3. The zero-order valence-electron chi connectivity index (χ0n) is 11.4. The van der Waals surface area contributed by atoms with Crippen LogP contribution in [0.15, 0.2) is 0 Å². The molecule has 1 heterocycles. The summed E-state index contributed by atoms with van der Waals surface area (Å²) in [6, 6.07) is -0.733. The molecule has 2 fully saturated rings. The minimum absolute atomic E-state index is 0.0991. The maximum absolute atomic E-state index is 12.5. The number of rotatable bonds is 3. The SMILES string of the molecule is NC1CCC(C(=O)N2CCNC(=O)C2CC(=O)O)CC1. The van der Waals surface area contributed by atoms with E-state index in [2.05, 4.69) is 5.32 Å². The number of piperazine rings is 1. The molecule has 112 valence electrons. The van der Waals surface area contributed by atoms with Gasteiger partial charge in [-0.15, -0.1) is 0 Å². The van der Waals surface area contributed by atoms with E-state index in [9.17, 15) is 14.4 Å². The molecule has 0 aromatic rings. The lowest BCUT2D eigenvalue weighted by atomic mass is 9.85. The van der Waals surface area contributed by atoms with Crippen LogP contribution >= 0.6 is 0 Å². The van der Waals surface area contributed by atoms with Gasteiger partial charge in [0.1, 0.15) is 6.04 Å². The average Bonchev–Trinajstić information content (AvgIpc) is 2.41. The van der Waals surface area contributed by atoms with Crippen LogP contribution in [-0.4, -0.2) is 53.0 Å². The third-order valence-electron chi connectivity index (χ3n) is 4.10. The predicted molar refractivity (Wildman–Crippen MR) is 70.7 cm³/mol. The van der Waals surface area contributed by atoms with Gasteiger partial charge in [0.05, 0.1) is 6.42 Å². The molecule has 1 unspecified atom stereocenters. The van der Waals surface area contributed by atoms with Gasteiger partial charge in [0, 0.05) is 25.0 Å². The van der Waals surface area contributed by atoms with Crippen molar-refractivity contribution in [2.24, 2.45) is 11.7 Å². The van der Waals surface area contributed by atoms with Crippen LogP contribution in [0.3, 0.4) is 0 Å². The summed E-state index contributed by atoms with van der Waals surface area (Å²) >= 11 is 0. The van der Waals surface area contributed by atoms with Crippen molar-refractivity contribution >= 4 is 17.8 Å². The van der Waals surface area contributed by atoms with E-state index in [1.54, 1.807) is 0 Å². The summed E-state index contributed by atoms with van der Waals surface area (Å²) in [5.41, 5.74) is 5.82. The Morgan fingerprint density at radius 3 is 2.55 bits per heavy atom. The minimum atomic E-state index is -1.07. The van der Waals surface area contributed by atoms with Crippen LogP contribution in [-0.2, 0) is 14.4 Å². The van der Waals surface area contributed by atoms with Gasteiger partial charge in [-0.25, -0.2) is 0 Å². The maximum atomic E-state index is 12.5. The van der Waals surface area contributed by atoms with Crippen molar-refractivity contribution in [3.8, 4) is 0 Å². The largest absolute Gasteiger partial charge is 0.481 e. The quantitative estimate of drug-likeness (QED) is 0.634. The standard InChI is InChI=1S/C13H21N3O4/c14-9-3-1-8(2-4-9)13(20)16-6-5-15-12(19)10(16)7-11(17)18/h8-10H,1-7,14H2,(H,15,19)(H,17,18). The Kier molecular flexibility index (Phi) is 4.59. The Morgan fingerprint density at radius 1 is 1.30 bits per heavy atom. The molecule has 7 heteroatoms. The van der Waals surface area contributed by atoms with Gasteiger partial charge in [-0.3, -0.25) is 14.4 Å². The van der Waals surface area contributed by atoms with E-state index in [1.807, 2.05) is 0 Å². The van der Waals surface area contributed by atoms with E-state index >= 15 is 0 Å². The number of aliphatic carboxylic acids is 1. The summed E-state index contributed by atoms with van der Waals surface area (Å²) in [5.74, 6) is -1.68. The van der Waals surface area contributed by atoms with Gasteiger partial charge in [0.2, 0.25) is 11.8 Å². The van der Waals surface area contributed by atoms with Crippen LogP contribution in [0.2, 0.25) is 0 Å². The molecular weight excluding hydrogens is 262 g/mol. The number of nitrogens with one attached hydrogen (secondary N) is 1. The number of nitrogens with zero attached hydrogens (tertiary/aromatic N) is 1. The van der Waals surface area contributed by atoms with Gasteiger partial charge in [-0.2, -0.15) is 0 Å². The molecule has 1 aliphatic heterocycles. The molecule has 0 spiro atoms. The highest BCUT2D eigenvalue weighted by Crippen LogP contribution is 2.26. The molecule has 1 atom stereocenters. The second-order valence-electron chi connectivity index (χ2n) is 5.55. The molecule has 2 rings (SSSR count). The van der Waals surface area contributed by atoms with Crippen LogP contribution in [0, 0.1) is 5.92 Å². The highest BCUT2D eigenvalue weighted by molar-refractivity contribution is 5.92. The Hall–Kier alpha value is -1.63. The normalized spacial score (nSPS) is 30.8. The molecule has 1 aliphatic carbocycles. The van der Waals surface area contributed by atoms with Crippen LogP contribution in [0.5, 0.6) is 0 Å². The summed E-state index contributed by atoms with van der Waals surface area (Å²) in [6.45, 7) is 0.762. The molecule has 2 amide bonds. The molecule has 0 radical (unpaired) electrons. The number of nitrogens with two attached hydrogens (primary N) is 1. The smallest absolute Gasteiger partial charge is 0.305 e. The van der Waals surface area contributed by atoms with Crippen LogP contribution in [0.4, 0.5) is 0 Å². The van der Waals surface area contributed by atoms with Crippen LogP contribution in [0.25, 0.3) is 0 Å². The summed E-state index contributed by atoms with van der Waals surface area (Å²) in [7, 11) is 0. The Balaban J connectivity index is 2.05. The second-order valence-corrected chi connectivity index (χ2v) is 5.55. The van der Waals surface area contributed by atoms with Crippen molar-refractivity contribution < 1.29 is 19.5 Å². The highest BCUT2D eigenvalue weighted by atomic mass is 16.4. The second kappa shape index (κ2) is 6.21.